The lowest BCUT2D eigenvalue weighted by atomic mass is 10.4. The Morgan fingerprint density at radius 1 is 0.377 bits per heavy atom. The molecule has 0 aliphatic carbocycles. The van der Waals surface area contributed by atoms with Gasteiger partial charge in [-0.3, -0.25) is 0 Å². The molecule has 0 spiro atoms. The number of nitrogens with zero attached hydrogens (tertiary/aromatic N) is 6. The third-order valence-corrected chi connectivity index (χ3v) is 33.7. The average molecular weight is 824 g/mol. The fraction of sp³-hybridized carbons (Fsp3) is 0.714. The van der Waals surface area contributed by atoms with Crippen LogP contribution in [0, 0.1) is 0 Å². The molecule has 0 heterocycles. The third kappa shape index (κ3) is 14.3. The first-order valence-corrected chi connectivity index (χ1v) is 33.4. The van der Waals surface area contributed by atoms with Gasteiger partial charge in [-0.05, 0) is 63.4 Å². The van der Waals surface area contributed by atoms with Gasteiger partial charge in [0, 0.05) is 0 Å². The van der Waals surface area contributed by atoms with Crippen molar-refractivity contribution in [3.63, 3.8) is 0 Å². The van der Waals surface area contributed by atoms with Crippen LogP contribution in [0.15, 0.2) is 73.7 Å². The number of hydrogen-bond donors (Lipinski definition) is 0. The molecule has 0 amide bonds. The molecular weight excluding hydrogens is 729 g/mol. The Morgan fingerprint density at radius 2 is 0.604 bits per heavy atom. The van der Waals surface area contributed by atoms with E-state index in [-0.39, 0.29) is 0 Å². The van der Waals surface area contributed by atoms with Crippen LogP contribution in [0.4, 0.5) is 0 Å². The summed E-state index contributed by atoms with van der Waals surface area (Å²) < 4.78 is 15.6. The molecule has 0 saturated carbocycles. The van der Waals surface area contributed by atoms with Crippen molar-refractivity contribution in [1.29, 1.82) is 0 Å². The lowest BCUT2D eigenvalue weighted by Gasteiger charge is -2.58. The second-order valence-electron chi connectivity index (χ2n) is 18.0. The van der Waals surface area contributed by atoms with Crippen molar-refractivity contribution in [3.8, 4) is 0 Å². The Labute approximate surface area is 340 Å². The summed E-state index contributed by atoms with van der Waals surface area (Å²) in [5, 5.41) is 0. The molecule has 0 aromatic rings. The predicted molar refractivity (Wildman–Crippen MR) is 260 cm³/mol. The molecular formula is C42H94N6Si5. The van der Waals surface area contributed by atoms with Crippen LogP contribution in [0.1, 0.15) is 96.9 Å². The number of hydrogen-bond acceptors (Lipinski definition) is 6. The standard InChI is InChI=1S/C16H38N2Si3.C14H30N2Si.C12H26N2Si/c1-13-21(14-2,17(15(3)4)19(7,8)9)18(16(5)6)20(10,11)12;1-9-15(13(5)6)17(11-3,12-4)16(10-2)14(7)8;1-9-15(10-2,13(7)11(3)4)14(8)12(5)6/h13-16H,1-2H2,3-12H3;11-14H,3-4,9-10H2,1-2,5-8H3;9-12H,1-2H2,3-8H3. The van der Waals surface area contributed by atoms with Gasteiger partial charge in [0.2, 0.25) is 8.40 Å². The highest BCUT2D eigenvalue weighted by Gasteiger charge is 2.51. The minimum atomic E-state index is -2.08. The van der Waals surface area contributed by atoms with Gasteiger partial charge >= 0.3 is 0 Å². The highest BCUT2D eigenvalue weighted by atomic mass is 28.4. The Morgan fingerprint density at radius 3 is 0.717 bits per heavy atom. The molecule has 0 bridgehead atoms. The second-order valence-corrected chi connectivity index (χ2v) is 39.2. The molecule has 0 atom stereocenters. The Kier molecular flexibility index (Phi) is 25.8. The molecule has 6 nitrogen and oxygen atoms in total. The summed E-state index contributed by atoms with van der Waals surface area (Å²) in [4.78, 5) is 0. The van der Waals surface area contributed by atoms with Gasteiger partial charge in [-0.25, -0.2) is 0 Å². The first-order valence-electron chi connectivity index (χ1n) is 20.4. The van der Waals surface area contributed by atoms with E-state index in [2.05, 4.69) is 251 Å². The van der Waals surface area contributed by atoms with Gasteiger partial charge in [0.15, 0.2) is 0 Å². The summed E-state index contributed by atoms with van der Waals surface area (Å²) in [6.07, 6.45) is 0. The fourth-order valence-electron chi connectivity index (χ4n) is 8.56. The van der Waals surface area contributed by atoms with Gasteiger partial charge in [0.25, 0.3) is 16.8 Å². The lowest BCUT2D eigenvalue weighted by Crippen LogP contribution is -2.77. The molecule has 0 rings (SSSR count). The zero-order valence-corrected chi connectivity index (χ0v) is 44.8. The van der Waals surface area contributed by atoms with E-state index in [1.54, 1.807) is 0 Å². The second kappa shape index (κ2) is 24.1. The monoisotopic (exact) mass is 823 g/mol. The normalized spacial score (nSPS) is 13.5. The molecule has 0 aliphatic rings. The molecule has 312 valence electrons. The summed E-state index contributed by atoms with van der Waals surface area (Å²) in [6.45, 7) is 73.3. The van der Waals surface area contributed by atoms with Crippen molar-refractivity contribution in [1.82, 2.24) is 26.7 Å². The maximum Gasteiger partial charge on any atom is 0.257 e. The zero-order valence-electron chi connectivity index (χ0n) is 39.8. The van der Waals surface area contributed by atoms with E-state index in [0.717, 1.165) is 13.1 Å². The van der Waals surface area contributed by atoms with E-state index in [1.807, 2.05) is 0 Å². The van der Waals surface area contributed by atoms with Crippen LogP contribution in [0.2, 0.25) is 39.3 Å². The largest absolute Gasteiger partial charge is 0.325 e. The van der Waals surface area contributed by atoms with Gasteiger partial charge in [-0.1, -0.05) is 170 Å². The van der Waals surface area contributed by atoms with Gasteiger partial charge in [-0.2, -0.15) is 0 Å². The Hall–Kier alpha value is -0.716. The third-order valence-electron chi connectivity index (χ3n) is 10.6. The molecule has 0 aliphatic heterocycles. The van der Waals surface area contributed by atoms with Crippen LogP contribution < -0.4 is 0 Å². The van der Waals surface area contributed by atoms with Crippen LogP contribution in [0.5, 0.6) is 0 Å². The smallest absolute Gasteiger partial charge is 0.257 e. The minimum absolute atomic E-state index is 0.508. The van der Waals surface area contributed by atoms with Crippen LogP contribution in [0.3, 0.4) is 0 Å². The molecule has 0 N–H and O–H groups in total. The summed E-state index contributed by atoms with van der Waals surface area (Å²) in [6, 6.07) is 3.11. The van der Waals surface area contributed by atoms with Crippen molar-refractivity contribution in [2.45, 2.75) is 172 Å². The molecule has 11 heteroatoms. The topological polar surface area (TPSA) is 19.4 Å². The molecule has 0 aromatic carbocycles. The van der Waals surface area contributed by atoms with E-state index in [0.29, 0.717) is 36.3 Å². The molecule has 0 fully saturated rings. The summed E-state index contributed by atoms with van der Waals surface area (Å²) in [5.41, 5.74) is 13.0. The number of rotatable bonds is 22. The quantitative estimate of drug-likeness (QED) is 0.101. The summed E-state index contributed by atoms with van der Waals surface area (Å²) >= 11 is 0. The lowest BCUT2D eigenvalue weighted by molar-refractivity contribution is 0.284. The van der Waals surface area contributed by atoms with Crippen LogP contribution in [-0.2, 0) is 0 Å². The zero-order chi connectivity index (χ0) is 43.1. The molecule has 0 radical (unpaired) electrons. The van der Waals surface area contributed by atoms with Crippen LogP contribution in [0.25, 0.3) is 0 Å². The maximum atomic E-state index is 4.29. The minimum Gasteiger partial charge on any atom is -0.325 e. The average Bonchev–Trinajstić information content (AvgIpc) is 3.03. The molecule has 0 unspecified atom stereocenters. The summed E-state index contributed by atoms with van der Waals surface area (Å²) in [5.74, 6) is 0. The predicted octanol–water partition coefficient (Wildman–Crippen LogP) is 10.9. The Balaban J connectivity index is -0.000000719. The molecule has 0 saturated heterocycles. The fourth-order valence-corrected chi connectivity index (χ4v) is 32.7. The van der Waals surface area contributed by atoms with Crippen LogP contribution >= 0.6 is 0 Å². The first-order chi connectivity index (χ1) is 24.0. The summed E-state index contributed by atoms with van der Waals surface area (Å²) in [7, 11) is -4.53. The van der Waals surface area contributed by atoms with Crippen LogP contribution in [-0.4, -0.2) is 132 Å². The van der Waals surface area contributed by atoms with Crippen molar-refractivity contribution < 1.29 is 0 Å². The van der Waals surface area contributed by atoms with Crippen molar-refractivity contribution in [2.24, 2.45) is 0 Å². The first kappa shape index (κ1) is 56.6. The Bertz CT molecular complexity index is 1020. The SMILES string of the molecule is C=C[Si](C=C)(N(C(C)C)[Si](C)(C)C)N(C(C)C)[Si](C)(C)C.C=C[Si](C=C)(N(C)C(C)C)N(C)C(C)C.C=C[Si](C=C)(N(CC)C(C)C)N(CC)C(C)C. The van der Waals surface area contributed by atoms with Gasteiger partial charge < -0.3 is 26.7 Å². The van der Waals surface area contributed by atoms with E-state index < -0.39 is 41.7 Å². The maximum absolute atomic E-state index is 4.29. The van der Waals surface area contributed by atoms with Gasteiger partial charge in [-0.15, -0.1) is 39.5 Å². The van der Waals surface area contributed by atoms with E-state index >= 15 is 0 Å². The van der Waals surface area contributed by atoms with Gasteiger partial charge in [0.05, 0.1) is 0 Å². The van der Waals surface area contributed by atoms with Crippen molar-refractivity contribution >= 4 is 41.7 Å². The van der Waals surface area contributed by atoms with E-state index in [9.17, 15) is 0 Å². The highest BCUT2D eigenvalue weighted by Crippen LogP contribution is 2.33. The van der Waals surface area contributed by atoms with E-state index in [4.69, 9.17) is 0 Å². The van der Waals surface area contributed by atoms with Crippen molar-refractivity contribution in [2.75, 3.05) is 27.2 Å². The van der Waals surface area contributed by atoms with Gasteiger partial charge in [0.1, 0.15) is 16.5 Å². The highest BCUT2D eigenvalue weighted by molar-refractivity contribution is 7.01. The molecule has 0 aromatic heterocycles. The van der Waals surface area contributed by atoms with Crippen molar-refractivity contribution in [3.05, 3.63) is 73.7 Å². The van der Waals surface area contributed by atoms with E-state index in [1.165, 1.54) is 0 Å². The molecule has 53 heavy (non-hydrogen) atoms.